The summed E-state index contributed by atoms with van der Waals surface area (Å²) in [6, 6.07) is 9.98. The zero-order valence-corrected chi connectivity index (χ0v) is 5.72. The first-order valence-electron chi connectivity index (χ1n) is 2.93. The first-order chi connectivity index (χ1) is 4.84. The van der Waals surface area contributed by atoms with Crippen LogP contribution < -0.4 is 0 Å². The lowest BCUT2D eigenvalue weighted by Crippen LogP contribution is -1.99. The van der Waals surface area contributed by atoms with Crippen LogP contribution in [0.15, 0.2) is 24.3 Å². The van der Waals surface area contributed by atoms with Gasteiger partial charge < -0.3 is 4.74 Å². The maximum Gasteiger partial charge on any atom is 0.212 e. The van der Waals surface area contributed by atoms with Crippen molar-refractivity contribution in [2.75, 3.05) is 7.11 Å². The van der Waals surface area contributed by atoms with E-state index < -0.39 is 0 Å². The maximum atomic E-state index is 7.24. The average molecular weight is 134 g/mol. The van der Waals surface area contributed by atoms with E-state index in [9.17, 15) is 0 Å². The number of methoxy groups -OCH3 is 1. The highest BCUT2D eigenvalue weighted by Gasteiger charge is 1.95. The van der Waals surface area contributed by atoms with Gasteiger partial charge in [0.25, 0.3) is 0 Å². The Bertz CT molecular complexity index is 218. The molecule has 0 spiro atoms. The third kappa shape index (κ3) is 1.35. The minimum atomic E-state index is 0.178. The van der Waals surface area contributed by atoms with Crippen LogP contribution in [0.5, 0.6) is 0 Å². The van der Waals surface area contributed by atoms with Gasteiger partial charge in [-0.3, -0.25) is 5.41 Å². The lowest BCUT2D eigenvalue weighted by atomic mass is 10.2. The largest absolute Gasteiger partial charge is 0.481 e. The fourth-order valence-corrected chi connectivity index (χ4v) is 0.652. The molecule has 0 aromatic heterocycles. The van der Waals surface area contributed by atoms with Gasteiger partial charge in [-0.05, 0) is 18.2 Å². The first-order valence-corrected chi connectivity index (χ1v) is 2.93. The van der Waals surface area contributed by atoms with E-state index in [-0.39, 0.29) is 5.90 Å². The summed E-state index contributed by atoms with van der Waals surface area (Å²) < 4.78 is 4.70. The summed E-state index contributed by atoms with van der Waals surface area (Å²) in [6.45, 7) is 0. The van der Waals surface area contributed by atoms with Gasteiger partial charge in [-0.25, -0.2) is 0 Å². The van der Waals surface area contributed by atoms with Crippen molar-refractivity contribution in [3.63, 3.8) is 0 Å². The molecule has 0 heterocycles. The zero-order valence-electron chi connectivity index (χ0n) is 5.72. The number of hydrogen-bond acceptors (Lipinski definition) is 2. The Morgan fingerprint density at radius 3 is 3.00 bits per heavy atom. The molecule has 1 N–H and O–H groups in total. The molecule has 0 saturated carbocycles. The summed E-state index contributed by atoms with van der Waals surface area (Å²) >= 11 is 0. The fraction of sp³-hybridized carbons (Fsp3) is 0.125. The Morgan fingerprint density at radius 2 is 2.50 bits per heavy atom. The van der Waals surface area contributed by atoms with E-state index in [4.69, 9.17) is 10.1 Å². The van der Waals surface area contributed by atoms with E-state index in [0.29, 0.717) is 0 Å². The summed E-state index contributed by atoms with van der Waals surface area (Å²) in [5, 5.41) is 7.24. The van der Waals surface area contributed by atoms with Crippen LogP contribution in [0, 0.1) is 11.5 Å². The van der Waals surface area contributed by atoms with Crippen LogP contribution in [0.3, 0.4) is 0 Å². The minimum Gasteiger partial charge on any atom is -0.481 e. The number of benzene rings is 1. The van der Waals surface area contributed by atoms with Crippen LogP contribution >= 0.6 is 0 Å². The number of nitrogens with one attached hydrogen (secondary N) is 1. The summed E-state index contributed by atoms with van der Waals surface area (Å²) in [6.07, 6.45) is 0. The van der Waals surface area contributed by atoms with E-state index in [1.54, 1.807) is 12.1 Å². The normalized spacial score (nSPS) is 8.90. The molecule has 1 aromatic rings. The molecule has 10 heavy (non-hydrogen) atoms. The smallest absolute Gasteiger partial charge is 0.212 e. The predicted molar refractivity (Wildman–Crippen MR) is 39.1 cm³/mol. The van der Waals surface area contributed by atoms with Crippen LogP contribution in [0.4, 0.5) is 0 Å². The Balaban J connectivity index is 2.85. The Hall–Kier alpha value is -1.31. The van der Waals surface area contributed by atoms with Crippen molar-refractivity contribution in [3.05, 3.63) is 35.9 Å². The molecule has 0 saturated heterocycles. The third-order valence-corrected chi connectivity index (χ3v) is 1.17. The van der Waals surface area contributed by atoms with E-state index in [0.717, 1.165) is 5.56 Å². The number of rotatable bonds is 1. The predicted octanol–water partition coefficient (Wildman–Crippen LogP) is 1.46. The van der Waals surface area contributed by atoms with Crippen molar-refractivity contribution in [1.29, 1.82) is 5.41 Å². The molecule has 0 bridgehead atoms. The quantitative estimate of drug-likeness (QED) is 0.457. The highest BCUT2D eigenvalue weighted by Crippen LogP contribution is 1.98. The van der Waals surface area contributed by atoms with Crippen LogP contribution in [-0.2, 0) is 4.74 Å². The van der Waals surface area contributed by atoms with Crippen LogP contribution in [-0.4, -0.2) is 13.0 Å². The number of hydrogen-bond donors (Lipinski definition) is 1. The molecule has 1 radical (unpaired) electrons. The van der Waals surface area contributed by atoms with Gasteiger partial charge in [-0.2, -0.15) is 0 Å². The van der Waals surface area contributed by atoms with Crippen LogP contribution in [0.2, 0.25) is 0 Å². The molecule has 2 heteroatoms. The zero-order chi connectivity index (χ0) is 7.40. The van der Waals surface area contributed by atoms with Crippen molar-refractivity contribution in [2.45, 2.75) is 0 Å². The summed E-state index contributed by atoms with van der Waals surface area (Å²) in [5.41, 5.74) is 0.755. The second-order valence-electron chi connectivity index (χ2n) is 1.83. The SMILES string of the molecule is COC(=N)c1c[c]ccc1. The molecule has 0 aliphatic rings. The number of ether oxygens (including phenoxy) is 1. The van der Waals surface area contributed by atoms with E-state index in [1.807, 2.05) is 12.1 Å². The summed E-state index contributed by atoms with van der Waals surface area (Å²) in [5.74, 6) is 0.178. The molecule has 51 valence electrons. The fourth-order valence-electron chi connectivity index (χ4n) is 0.652. The molecule has 0 aliphatic heterocycles. The molecule has 1 aromatic carbocycles. The van der Waals surface area contributed by atoms with Crippen LogP contribution in [0.1, 0.15) is 5.56 Å². The molecular weight excluding hydrogens is 126 g/mol. The second-order valence-corrected chi connectivity index (χ2v) is 1.83. The molecule has 0 unspecified atom stereocenters. The van der Waals surface area contributed by atoms with E-state index in [2.05, 4.69) is 6.07 Å². The van der Waals surface area contributed by atoms with Crippen molar-refractivity contribution < 1.29 is 4.74 Å². The average Bonchev–Trinajstić information content (AvgIpc) is 2.05. The van der Waals surface area contributed by atoms with Crippen molar-refractivity contribution in [2.24, 2.45) is 0 Å². The van der Waals surface area contributed by atoms with E-state index in [1.165, 1.54) is 7.11 Å². The summed E-state index contributed by atoms with van der Waals surface area (Å²) in [7, 11) is 1.48. The Morgan fingerprint density at radius 1 is 1.70 bits per heavy atom. The van der Waals surface area contributed by atoms with Gasteiger partial charge in [-0.15, -0.1) is 0 Å². The highest BCUT2D eigenvalue weighted by atomic mass is 16.5. The second kappa shape index (κ2) is 3.01. The van der Waals surface area contributed by atoms with E-state index >= 15 is 0 Å². The molecule has 0 aliphatic carbocycles. The van der Waals surface area contributed by atoms with Gasteiger partial charge in [0.15, 0.2) is 0 Å². The molecule has 0 amide bonds. The molecular formula is C8H8NO. The highest BCUT2D eigenvalue weighted by molar-refractivity contribution is 5.91. The van der Waals surface area contributed by atoms with Crippen molar-refractivity contribution in [3.8, 4) is 0 Å². The lowest BCUT2D eigenvalue weighted by Gasteiger charge is -1.99. The molecule has 0 atom stereocenters. The third-order valence-electron chi connectivity index (χ3n) is 1.17. The van der Waals surface area contributed by atoms with Gasteiger partial charge in [-0.1, -0.05) is 12.1 Å². The van der Waals surface area contributed by atoms with Gasteiger partial charge >= 0.3 is 0 Å². The van der Waals surface area contributed by atoms with Gasteiger partial charge in [0.05, 0.1) is 7.11 Å². The van der Waals surface area contributed by atoms with Crippen LogP contribution in [0.25, 0.3) is 0 Å². The lowest BCUT2D eigenvalue weighted by molar-refractivity contribution is 0.401. The monoisotopic (exact) mass is 134 g/mol. The van der Waals surface area contributed by atoms with Crippen molar-refractivity contribution >= 4 is 5.90 Å². The molecule has 0 fully saturated rings. The summed E-state index contributed by atoms with van der Waals surface area (Å²) in [4.78, 5) is 0. The van der Waals surface area contributed by atoms with Crippen molar-refractivity contribution in [1.82, 2.24) is 0 Å². The Kier molecular flexibility index (Phi) is 2.05. The first kappa shape index (κ1) is 6.81. The van der Waals surface area contributed by atoms with Gasteiger partial charge in [0.1, 0.15) is 0 Å². The van der Waals surface area contributed by atoms with Gasteiger partial charge in [0, 0.05) is 5.56 Å². The van der Waals surface area contributed by atoms with Gasteiger partial charge in [0.2, 0.25) is 5.90 Å². The topological polar surface area (TPSA) is 33.1 Å². The minimum absolute atomic E-state index is 0.178. The maximum absolute atomic E-state index is 7.24. The molecule has 1 rings (SSSR count). The standard InChI is InChI=1S/C8H8NO/c1-10-8(9)7-5-3-2-4-6-7/h2-3,5-6,9H,1H3. The molecule has 2 nitrogen and oxygen atoms in total. The Labute approximate surface area is 60.0 Å².